The Morgan fingerprint density at radius 3 is 2.59 bits per heavy atom. The van der Waals surface area contributed by atoms with E-state index in [1.807, 2.05) is 35.2 Å². The van der Waals surface area contributed by atoms with Gasteiger partial charge in [-0.25, -0.2) is 14.4 Å². The molecule has 166 valence electrons. The summed E-state index contributed by atoms with van der Waals surface area (Å²) in [6.45, 7) is 1.65. The molecule has 5 rings (SSSR count). The summed E-state index contributed by atoms with van der Waals surface area (Å²) in [6.07, 6.45) is 6.05. The predicted molar refractivity (Wildman–Crippen MR) is 118 cm³/mol. The molecular formula is C23H25FN6O2. The molecule has 1 unspecified atom stereocenters. The number of carbonyl (C=O) groups excluding carboxylic acids is 2. The summed E-state index contributed by atoms with van der Waals surface area (Å²) < 4.78 is 14.3. The number of amides is 2. The molecule has 2 aromatic rings. The number of hydrazone groups is 1. The fourth-order valence-corrected chi connectivity index (χ4v) is 4.65. The third kappa shape index (κ3) is 3.83. The highest BCUT2D eigenvalue weighted by Gasteiger charge is 2.35. The van der Waals surface area contributed by atoms with E-state index in [-0.39, 0.29) is 29.6 Å². The van der Waals surface area contributed by atoms with Crippen molar-refractivity contribution in [1.29, 1.82) is 0 Å². The fourth-order valence-electron chi connectivity index (χ4n) is 4.65. The zero-order chi connectivity index (χ0) is 22.1. The molecule has 0 saturated carbocycles. The molecular weight excluding hydrogens is 411 g/mol. The maximum absolute atomic E-state index is 14.3. The molecule has 0 radical (unpaired) electrons. The Balaban J connectivity index is 1.25. The summed E-state index contributed by atoms with van der Waals surface area (Å²) in [5, 5.41) is 5.99. The first-order valence-electron chi connectivity index (χ1n) is 11.1. The van der Waals surface area contributed by atoms with Crippen LogP contribution in [0.3, 0.4) is 0 Å². The number of rotatable bonds is 4. The molecule has 3 aliphatic heterocycles. The Bertz CT molecular complexity index is 1040. The molecule has 2 amide bonds. The van der Waals surface area contributed by atoms with E-state index >= 15 is 0 Å². The monoisotopic (exact) mass is 436 g/mol. The molecule has 1 atom stereocenters. The molecule has 8 nitrogen and oxygen atoms in total. The van der Waals surface area contributed by atoms with Crippen LogP contribution in [0.25, 0.3) is 0 Å². The van der Waals surface area contributed by atoms with E-state index < -0.39 is 5.82 Å². The lowest BCUT2D eigenvalue weighted by Crippen LogP contribution is -2.42. The van der Waals surface area contributed by atoms with Crippen LogP contribution in [-0.2, 0) is 9.59 Å². The highest BCUT2D eigenvalue weighted by Crippen LogP contribution is 2.32. The number of benzene rings is 1. The molecule has 2 saturated heterocycles. The van der Waals surface area contributed by atoms with Gasteiger partial charge in [-0.1, -0.05) is 30.3 Å². The second kappa shape index (κ2) is 8.64. The first kappa shape index (κ1) is 20.5. The third-order valence-corrected chi connectivity index (χ3v) is 6.41. The highest BCUT2D eigenvalue weighted by molar-refractivity contribution is 5.94. The molecule has 1 aromatic heterocycles. The zero-order valence-corrected chi connectivity index (χ0v) is 17.7. The molecule has 4 heterocycles. The topological polar surface area (TPSA) is 82.0 Å². The van der Waals surface area contributed by atoms with Crippen molar-refractivity contribution in [1.82, 2.24) is 15.0 Å². The SMILES string of the molecule is O=C1CCCN1c1nc(N2CCC(C(=O)N3N=CCC3c3ccccc3)CC2)ncc1F. The van der Waals surface area contributed by atoms with Crippen molar-refractivity contribution in [2.75, 3.05) is 29.4 Å². The van der Waals surface area contributed by atoms with Gasteiger partial charge in [-0.05, 0) is 24.8 Å². The molecule has 9 heteroatoms. The van der Waals surface area contributed by atoms with Gasteiger partial charge in [0, 0.05) is 44.6 Å². The van der Waals surface area contributed by atoms with Crippen LogP contribution in [-0.4, -0.2) is 52.6 Å². The van der Waals surface area contributed by atoms with E-state index in [4.69, 9.17) is 0 Å². The molecule has 1 aromatic carbocycles. The van der Waals surface area contributed by atoms with Crippen molar-refractivity contribution < 1.29 is 14.0 Å². The minimum Gasteiger partial charge on any atom is -0.341 e. The van der Waals surface area contributed by atoms with Gasteiger partial charge >= 0.3 is 0 Å². The lowest BCUT2D eigenvalue weighted by molar-refractivity contribution is -0.138. The summed E-state index contributed by atoms with van der Waals surface area (Å²) in [7, 11) is 0. The van der Waals surface area contributed by atoms with E-state index in [1.54, 1.807) is 11.2 Å². The van der Waals surface area contributed by atoms with Crippen LogP contribution in [0.1, 0.15) is 43.7 Å². The van der Waals surface area contributed by atoms with E-state index in [0.717, 1.165) is 18.2 Å². The average Bonchev–Trinajstić information content (AvgIpc) is 3.49. The highest BCUT2D eigenvalue weighted by atomic mass is 19.1. The third-order valence-electron chi connectivity index (χ3n) is 6.41. The molecule has 3 aliphatic rings. The van der Waals surface area contributed by atoms with Gasteiger partial charge in [0.1, 0.15) is 0 Å². The Labute approximate surface area is 185 Å². The number of piperidine rings is 1. The summed E-state index contributed by atoms with van der Waals surface area (Å²) in [4.78, 5) is 37.1. The van der Waals surface area contributed by atoms with Gasteiger partial charge in [-0.3, -0.25) is 14.5 Å². The van der Waals surface area contributed by atoms with E-state index in [9.17, 15) is 14.0 Å². The van der Waals surface area contributed by atoms with Gasteiger partial charge in [0.05, 0.1) is 12.2 Å². The van der Waals surface area contributed by atoms with Crippen molar-refractivity contribution >= 4 is 29.8 Å². The fraction of sp³-hybridized carbons (Fsp3) is 0.435. The Morgan fingerprint density at radius 2 is 1.88 bits per heavy atom. The van der Waals surface area contributed by atoms with Gasteiger partial charge in [0.25, 0.3) is 0 Å². The number of anilines is 2. The smallest absolute Gasteiger partial charge is 0.246 e. The standard InChI is InChI=1S/C23H25FN6O2/c24-18-15-25-23(27-21(18)29-12-4-7-20(29)31)28-13-9-17(10-14-28)22(32)30-19(8-11-26-30)16-5-2-1-3-6-16/h1-3,5-6,11,15,17,19H,4,7-10,12-14H2. The number of hydrogen-bond donors (Lipinski definition) is 0. The van der Waals surface area contributed by atoms with Crippen LogP contribution >= 0.6 is 0 Å². The normalized spacial score (nSPS) is 21.6. The van der Waals surface area contributed by atoms with Crippen molar-refractivity contribution in [2.24, 2.45) is 11.0 Å². The summed E-state index contributed by atoms with van der Waals surface area (Å²) >= 11 is 0. The van der Waals surface area contributed by atoms with Crippen LogP contribution in [0.2, 0.25) is 0 Å². The van der Waals surface area contributed by atoms with E-state index in [2.05, 4.69) is 15.1 Å². The maximum atomic E-state index is 14.3. The van der Waals surface area contributed by atoms with Crippen molar-refractivity contribution in [3.63, 3.8) is 0 Å². The van der Waals surface area contributed by atoms with E-state index in [0.29, 0.717) is 51.3 Å². The lowest BCUT2D eigenvalue weighted by Gasteiger charge is -2.34. The molecule has 0 N–H and O–H groups in total. The number of nitrogens with zero attached hydrogens (tertiary/aromatic N) is 6. The Hall–Kier alpha value is -3.36. The number of hydrogen-bond acceptors (Lipinski definition) is 6. The first-order chi connectivity index (χ1) is 15.6. The van der Waals surface area contributed by atoms with Crippen molar-refractivity contribution in [2.45, 2.75) is 38.1 Å². The number of halogens is 1. The molecule has 0 bridgehead atoms. The van der Waals surface area contributed by atoms with E-state index in [1.165, 1.54) is 4.90 Å². The predicted octanol–water partition coefficient (Wildman–Crippen LogP) is 2.92. The van der Waals surface area contributed by atoms with Crippen LogP contribution in [0.15, 0.2) is 41.6 Å². The number of carbonyl (C=O) groups is 2. The van der Waals surface area contributed by atoms with Gasteiger partial charge in [-0.2, -0.15) is 10.1 Å². The molecule has 32 heavy (non-hydrogen) atoms. The average molecular weight is 436 g/mol. The molecule has 2 fully saturated rings. The molecule has 0 aliphatic carbocycles. The van der Waals surface area contributed by atoms with Crippen LogP contribution in [0.4, 0.5) is 16.2 Å². The Kier molecular flexibility index (Phi) is 5.55. The second-order valence-corrected chi connectivity index (χ2v) is 8.39. The van der Waals surface area contributed by atoms with Gasteiger partial charge < -0.3 is 4.90 Å². The van der Waals surface area contributed by atoms with Gasteiger partial charge in [0.15, 0.2) is 11.6 Å². The van der Waals surface area contributed by atoms with Gasteiger partial charge in [0.2, 0.25) is 17.8 Å². The zero-order valence-electron chi connectivity index (χ0n) is 17.7. The Morgan fingerprint density at radius 1 is 1.09 bits per heavy atom. The summed E-state index contributed by atoms with van der Waals surface area (Å²) in [6, 6.07) is 9.91. The minimum atomic E-state index is -0.590. The number of aromatic nitrogens is 2. The second-order valence-electron chi connectivity index (χ2n) is 8.39. The molecule has 0 spiro atoms. The summed E-state index contributed by atoms with van der Waals surface area (Å²) in [5.74, 6) is -0.352. The van der Waals surface area contributed by atoms with Crippen molar-refractivity contribution in [3.05, 3.63) is 47.9 Å². The van der Waals surface area contributed by atoms with Crippen LogP contribution in [0, 0.1) is 11.7 Å². The van der Waals surface area contributed by atoms with Crippen molar-refractivity contribution in [3.8, 4) is 0 Å². The maximum Gasteiger partial charge on any atom is 0.246 e. The lowest BCUT2D eigenvalue weighted by atomic mass is 9.94. The van der Waals surface area contributed by atoms with Crippen LogP contribution in [0.5, 0.6) is 0 Å². The quantitative estimate of drug-likeness (QED) is 0.736. The van der Waals surface area contributed by atoms with Gasteiger partial charge in [-0.15, -0.1) is 0 Å². The largest absolute Gasteiger partial charge is 0.341 e. The summed E-state index contributed by atoms with van der Waals surface area (Å²) in [5.41, 5.74) is 1.08. The van der Waals surface area contributed by atoms with Crippen LogP contribution < -0.4 is 9.80 Å². The first-order valence-corrected chi connectivity index (χ1v) is 11.1. The minimum absolute atomic E-state index is 0.0376.